The summed E-state index contributed by atoms with van der Waals surface area (Å²) in [5.74, 6) is 0. The van der Waals surface area contributed by atoms with Crippen LogP contribution >= 0.6 is 0 Å². The van der Waals surface area contributed by atoms with Crippen molar-refractivity contribution in [2.75, 3.05) is 13.2 Å². The van der Waals surface area contributed by atoms with E-state index >= 15 is 0 Å². The molecule has 2 aromatic carbocycles. The smallest absolute Gasteiger partial charge is 0.410 e. The normalized spacial score (nSPS) is 16.4. The van der Waals surface area contributed by atoms with E-state index in [1.54, 1.807) is 4.90 Å². The van der Waals surface area contributed by atoms with Crippen LogP contribution in [0.1, 0.15) is 51.2 Å². The number of fused-ring (bicyclic) bond motifs is 1. The number of amides is 1. The lowest BCUT2D eigenvalue weighted by Crippen LogP contribution is -2.48. The van der Waals surface area contributed by atoms with Crippen molar-refractivity contribution in [1.82, 2.24) is 14.5 Å². The molecular formula is C26H30N4O3. The van der Waals surface area contributed by atoms with Crippen molar-refractivity contribution in [2.24, 2.45) is 0 Å². The highest BCUT2D eigenvalue weighted by Crippen LogP contribution is 2.26. The molecule has 1 aliphatic rings. The molecule has 2 heterocycles. The molecule has 172 valence electrons. The van der Waals surface area contributed by atoms with Gasteiger partial charge in [-0.25, -0.2) is 4.79 Å². The maximum absolute atomic E-state index is 12.8. The van der Waals surface area contributed by atoms with E-state index in [9.17, 15) is 10.1 Å². The van der Waals surface area contributed by atoms with E-state index < -0.39 is 5.60 Å². The lowest BCUT2D eigenvalue weighted by atomic mass is 10.0. The SMILES string of the molecule is CC(C)(C)OC(=O)N1CCCCC1COc1nc2ccccc2n1Cc1ccccc1C#N. The van der Waals surface area contributed by atoms with Crippen LogP contribution < -0.4 is 4.74 Å². The Bertz CT molecular complexity index is 1170. The molecule has 1 fully saturated rings. The zero-order chi connectivity index (χ0) is 23.4. The number of nitrogens with zero attached hydrogens (tertiary/aromatic N) is 4. The Balaban J connectivity index is 1.58. The Labute approximate surface area is 194 Å². The zero-order valence-corrected chi connectivity index (χ0v) is 19.5. The van der Waals surface area contributed by atoms with Gasteiger partial charge in [-0.3, -0.25) is 4.57 Å². The van der Waals surface area contributed by atoms with E-state index in [2.05, 4.69) is 6.07 Å². The summed E-state index contributed by atoms with van der Waals surface area (Å²) in [6, 6.07) is 18.1. The second-order valence-electron chi connectivity index (χ2n) is 9.37. The topological polar surface area (TPSA) is 80.4 Å². The summed E-state index contributed by atoms with van der Waals surface area (Å²) in [5, 5.41) is 9.51. The van der Waals surface area contributed by atoms with Gasteiger partial charge in [0.15, 0.2) is 0 Å². The molecule has 1 saturated heterocycles. The first-order valence-electron chi connectivity index (χ1n) is 11.4. The number of para-hydroxylation sites is 2. The monoisotopic (exact) mass is 446 g/mol. The molecule has 0 radical (unpaired) electrons. The second kappa shape index (κ2) is 9.53. The van der Waals surface area contributed by atoms with Crippen LogP contribution in [0.2, 0.25) is 0 Å². The Morgan fingerprint density at radius 2 is 1.91 bits per heavy atom. The number of likely N-dealkylation sites (tertiary alicyclic amines) is 1. The molecule has 33 heavy (non-hydrogen) atoms. The minimum absolute atomic E-state index is 0.0757. The van der Waals surface area contributed by atoms with Crippen molar-refractivity contribution in [2.45, 2.75) is 58.2 Å². The number of hydrogen-bond donors (Lipinski definition) is 0. The van der Waals surface area contributed by atoms with Crippen LogP contribution in [0.15, 0.2) is 48.5 Å². The van der Waals surface area contributed by atoms with Gasteiger partial charge >= 0.3 is 6.09 Å². The quantitative estimate of drug-likeness (QED) is 0.543. The number of carbonyl (C=O) groups is 1. The third kappa shape index (κ3) is 5.28. The van der Waals surface area contributed by atoms with E-state index in [0.29, 0.717) is 31.3 Å². The third-order valence-electron chi connectivity index (χ3n) is 5.75. The summed E-state index contributed by atoms with van der Waals surface area (Å²) >= 11 is 0. The van der Waals surface area contributed by atoms with Gasteiger partial charge in [-0.05, 0) is 63.8 Å². The van der Waals surface area contributed by atoms with Crippen LogP contribution in [0, 0.1) is 11.3 Å². The standard InChI is InChI=1S/C26H30N4O3/c1-26(2,3)33-25(31)29-15-9-8-12-21(29)18-32-24-28-22-13-6-7-14-23(22)30(24)17-20-11-5-4-10-19(20)16-27/h4-7,10-11,13-14,21H,8-9,12,15,17-18H2,1-3H3. The average molecular weight is 447 g/mol. The molecule has 1 atom stereocenters. The Kier molecular flexibility index (Phi) is 6.55. The molecule has 0 N–H and O–H groups in total. The lowest BCUT2D eigenvalue weighted by molar-refractivity contribution is 0.00290. The molecule has 1 aliphatic heterocycles. The number of ether oxygens (including phenoxy) is 2. The molecule has 0 bridgehead atoms. The molecular weight excluding hydrogens is 416 g/mol. The van der Waals surface area contributed by atoms with E-state index in [-0.39, 0.29) is 12.1 Å². The second-order valence-corrected chi connectivity index (χ2v) is 9.37. The molecule has 1 amide bonds. The van der Waals surface area contributed by atoms with Crippen LogP contribution in [0.3, 0.4) is 0 Å². The van der Waals surface area contributed by atoms with Gasteiger partial charge in [0.05, 0.1) is 35.3 Å². The number of aromatic nitrogens is 2. The zero-order valence-electron chi connectivity index (χ0n) is 19.5. The predicted octanol–water partition coefficient (Wildman–Crippen LogP) is 5.12. The highest BCUT2D eigenvalue weighted by molar-refractivity contribution is 5.76. The van der Waals surface area contributed by atoms with Gasteiger partial charge in [-0.15, -0.1) is 0 Å². The predicted molar refractivity (Wildman–Crippen MR) is 126 cm³/mol. The maximum atomic E-state index is 12.8. The lowest BCUT2D eigenvalue weighted by Gasteiger charge is -2.36. The molecule has 1 aromatic heterocycles. The number of benzene rings is 2. The van der Waals surface area contributed by atoms with E-state index in [1.165, 1.54) is 0 Å². The van der Waals surface area contributed by atoms with Crippen LogP contribution in [-0.4, -0.2) is 45.3 Å². The summed E-state index contributed by atoms with van der Waals surface area (Å²) in [7, 11) is 0. The number of nitriles is 1. The minimum atomic E-state index is -0.540. The van der Waals surface area contributed by atoms with Crippen LogP contribution in [-0.2, 0) is 11.3 Å². The molecule has 0 saturated carbocycles. The molecule has 1 unspecified atom stereocenters. The van der Waals surface area contributed by atoms with Gasteiger partial charge in [0.25, 0.3) is 6.01 Å². The number of piperidine rings is 1. The number of imidazole rings is 1. The van der Waals surface area contributed by atoms with Gasteiger partial charge in [0.1, 0.15) is 12.2 Å². The molecule has 4 rings (SSSR count). The van der Waals surface area contributed by atoms with Gasteiger partial charge in [0, 0.05) is 6.54 Å². The van der Waals surface area contributed by atoms with Crippen LogP contribution in [0.4, 0.5) is 4.79 Å². The van der Waals surface area contributed by atoms with Crippen molar-refractivity contribution < 1.29 is 14.3 Å². The minimum Gasteiger partial charge on any atom is -0.462 e. The number of carbonyl (C=O) groups excluding carboxylic acids is 1. The largest absolute Gasteiger partial charge is 0.462 e. The molecule has 0 spiro atoms. The van der Waals surface area contributed by atoms with Gasteiger partial charge < -0.3 is 14.4 Å². The van der Waals surface area contributed by atoms with E-state index in [4.69, 9.17) is 14.5 Å². The van der Waals surface area contributed by atoms with Crippen molar-refractivity contribution >= 4 is 17.1 Å². The first-order chi connectivity index (χ1) is 15.9. The van der Waals surface area contributed by atoms with Crippen LogP contribution in [0.25, 0.3) is 11.0 Å². The average Bonchev–Trinajstić information content (AvgIpc) is 3.14. The van der Waals surface area contributed by atoms with Gasteiger partial charge in [-0.2, -0.15) is 10.2 Å². The molecule has 0 aliphatic carbocycles. The Morgan fingerprint density at radius 1 is 1.15 bits per heavy atom. The molecule has 7 nitrogen and oxygen atoms in total. The summed E-state index contributed by atoms with van der Waals surface area (Å²) in [4.78, 5) is 19.2. The molecule has 7 heteroatoms. The first kappa shape index (κ1) is 22.7. The Morgan fingerprint density at radius 3 is 2.70 bits per heavy atom. The fourth-order valence-corrected chi connectivity index (χ4v) is 4.16. The summed E-state index contributed by atoms with van der Waals surface area (Å²) < 4.78 is 13.8. The Hall–Kier alpha value is -3.53. The van der Waals surface area contributed by atoms with Crippen molar-refractivity contribution in [1.29, 1.82) is 5.26 Å². The summed E-state index contributed by atoms with van der Waals surface area (Å²) in [6.07, 6.45) is 2.56. The highest BCUT2D eigenvalue weighted by Gasteiger charge is 2.31. The third-order valence-corrected chi connectivity index (χ3v) is 5.75. The first-order valence-corrected chi connectivity index (χ1v) is 11.4. The van der Waals surface area contributed by atoms with Crippen molar-refractivity contribution in [3.63, 3.8) is 0 Å². The summed E-state index contributed by atoms with van der Waals surface area (Å²) in [6.45, 7) is 7.10. The maximum Gasteiger partial charge on any atom is 0.410 e. The van der Waals surface area contributed by atoms with Crippen molar-refractivity contribution in [3.05, 3.63) is 59.7 Å². The highest BCUT2D eigenvalue weighted by atomic mass is 16.6. The van der Waals surface area contributed by atoms with E-state index in [1.807, 2.05) is 73.9 Å². The summed E-state index contributed by atoms with van der Waals surface area (Å²) in [5.41, 5.74) is 2.76. The fourth-order valence-electron chi connectivity index (χ4n) is 4.16. The van der Waals surface area contributed by atoms with Crippen molar-refractivity contribution in [3.8, 4) is 12.1 Å². The molecule has 3 aromatic rings. The van der Waals surface area contributed by atoms with Gasteiger partial charge in [0.2, 0.25) is 0 Å². The van der Waals surface area contributed by atoms with Crippen LogP contribution in [0.5, 0.6) is 6.01 Å². The van der Waals surface area contributed by atoms with Gasteiger partial charge in [-0.1, -0.05) is 30.3 Å². The number of rotatable bonds is 5. The fraction of sp³-hybridized carbons (Fsp3) is 0.423. The van der Waals surface area contributed by atoms with E-state index in [0.717, 1.165) is 35.9 Å². The number of hydrogen-bond acceptors (Lipinski definition) is 5.